The van der Waals surface area contributed by atoms with Gasteiger partial charge in [-0.3, -0.25) is 9.78 Å². The summed E-state index contributed by atoms with van der Waals surface area (Å²) >= 11 is 5.99. The molecule has 0 aliphatic rings. The van der Waals surface area contributed by atoms with Crippen molar-refractivity contribution in [3.8, 4) is 0 Å². The minimum Gasteiger partial charge on any atom is -0.384 e. The van der Waals surface area contributed by atoms with Gasteiger partial charge in [-0.2, -0.15) is 13.2 Å². The number of rotatable bonds is 6. The van der Waals surface area contributed by atoms with Gasteiger partial charge in [0.05, 0.1) is 11.1 Å². The number of amides is 1. The van der Waals surface area contributed by atoms with Crippen LogP contribution in [0.15, 0.2) is 54.7 Å². The summed E-state index contributed by atoms with van der Waals surface area (Å²) in [5.74, 6) is -0.317. The van der Waals surface area contributed by atoms with E-state index in [-0.39, 0.29) is 11.5 Å². The molecular weight excluding hydrogens is 403 g/mol. The molecule has 0 bridgehead atoms. The maximum atomic E-state index is 12.6. The van der Waals surface area contributed by atoms with E-state index in [1.54, 1.807) is 25.4 Å². The molecule has 3 rings (SSSR count). The second-order valence-corrected chi connectivity index (χ2v) is 7.04. The second kappa shape index (κ2) is 8.69. The Kier molecular flexibility index (Phi) is 6.27. The SMILES string of the molecule is CN(CCCNc1ccnc2cc(Cl)ccc12)C(=O)c1ccc(C(F)(F)F)cc1. The molecular formula is C21H19ClF3N3O. The molecule has 2 aromatic carbocycles. The maximum Gasteiger partial charge on any atom is 0.416 e. The lowest BCUT2D eigenvalue weighted by atomic mass is 10.1. The fourth-order valence-corrected chi connectivity index (χ4v) is 3.10. The average molecular weight is 422 g/mol. The highest BCUT2D eigenvalue weighted by Crippen LogP contribution is 2.29. The minimum atomic E-state index is -4.42. The highest BCUT2D eigenvalue weighted by atomic mass is 35.5. The van der Waals surface area contributed by atoms with E-state index in [9.17, 15) is 18.0 Å². The highest BCUT2D eigenvalue weighted by molar-refractivity contribution is 6.31. The Hall–Kier alpha value is -2.80. The molecule has 0 aliphatic heterocycles. The molecule has 0 radical (unpaired) electrons. The summed E-state index contributed by atoms with van der Waals surface area (Å²) < 4.78 is 37.9. The van der Waals surface area contributed by atoms with Crippen LogP contribution in [0.1, 0.15) is 22.3 Å². The Morgan fingerprint density at radius 2 is 1.86 bits per heavy atom. The van der Waals surface area contributed by atoms with E-state index in [1.807, 2.05) is 12.1 Å². The van der Waals surface area contributed by atoms with Crippen LogP contribution < -0.4 is 5.32 Å². The van der Waals surface area contributed by atoms with Crippen molar-refractivity contribution in [1.29, 1.82) is 0 Å². The van der Waals surface area contributed by atoms with Gasteiger partial charge in [-0.15, -0.1) is 0 Å². The molecule has 152 valence electrons. The van der Waals surface area contributed by atoms with Gasteiger partial charge in [0.2, 0.25) is 0 Å². The van der Waals surface area contributed by atoms with Crippen LogP contribution in [0.5, 0.6) is 0 Å². The number of fused-ring (bicyclic) bond motifs is 1. The van der Waals surface area contributed by atoms with Gasteiger partial charge in [0, 0.05) is 48.0 Å². The first-order valence-electron chi connectivity index (χ1n) is 8.96. The molecule has 29 heavy (non-hydrogen) atoms. The van der Waals surface area contributed by atoms with Crippen LogP contribution in [0.2, 0.25) is 5.02 Å². The van der Waals surface area contributed by atoms with Gasteiger partial charge >= 0.3 is 6.18 Å². The highest BCUT2D eigenvalue weighted by Gasteiger charge is 2.30. The van der Waals surface area contributed by atoms with E-state index in [2.05, 4.69) is 10.3 Å². The lowest BCUT2D eigenvalue weighted by molar-refractivity contribution is -0.137. The fourth-order valence-electron chi connectivity index (χ4n) is 2.94. The van der Waals surface area contributed by atoms with Crippen molar-refractivity contribution < 1.29 is 18.0 Å². The molecule has 0 spiro atoms. The molecule has 0 saturated carbocycles. The van der Waals surface area contributed by atoms with Crippen molar-refractivity contribution >= 4 is 34.1 Å². The van der Waals surface area contributed by atoms with Crippen molar-refractivity contribution in [3.63, 3.8) is 0 Å². The van der Waals surface area contributed by atoms with Crippen LogP contribution in [0.25, 0.3) is 10.9 Å². The van der Waals surface area contributed by atoms with E-state index >= 15 is 0 Å². The number of benzene rings is 2. The Labute approximate surface area is 171 Å². The third-order valence-electron chi connectivity index (χ3n) is 4.50. The third kappa shape index (κ3) is 5.17. The van der Waals surface area contributed by atoms with Crippen LogP contribution in [0.3, 0.4) is 0 Å². The van der Waals surface area contributed by atoms with Crippen LogP contribution >= 0.6 is 11.6 Å². The monoisotopic (exact) mass is 421 g/mol. The Morgan fingerprint density at radius 1 is 1.14 bits per heavy atom. The number of halogens is 4. The van der Waals surface area contributed by atoms with Gasteiger partial charge in [0.1, 0.15) is 0 Å². The maximum absolute atomic E-state index is 12.6. The summed E-state index contributed by atoms with van der Waals surface area (Å²) in [5.41, 5.74) is 1.16. The van der Waals surface area contributed by atoms with Crippen LogP contribution in [-0.4, -0.2) is 35.9 Å². The average Bonchev–Trinajstić information content (AvgIpc) is 2.69. The van der Waals surface area contributed by atoms with Gasteiger partial charge < -0.3 is 10.2 Å². The standard InChI is InChI=1S/C21H19ClF3N3O/c1-28(20(29)14-3-5-15(6-4-14)21(23,24)25)12-2-10-26-18-9-11-27-19-13-16(22)7-8-17(18)19/h3-9,11,13H,2,10,12H2,1H3,(H,26,27). The fraction of sp³-hybridized carbons (Fsp3) is 0.238. The van der Waals surface area contributed by atoms with Crippen LogP contribution in [0.4, 0.5) is 18.9 Å². The second-order valence-electron chi connectivity index (χ2n) is 6.60. The first-order chi connectivity index (χ1) is 13.8. The first kappa shape index (κ1) is 20.9. The summed E-state index contributed by atoms with van der Waals surface area (Å²) in [6.07, 6.45) is -2.05. The molecule has 1 heterocycles. The lowest BCUT2D eigenvalue weighted by Crippen LogP contribution is -2.28. The summed E-state index contributed by atoms with van der Waals surface area (Å²) in [6.45, 7) is 1.08. The zero-order chi connectivity index (χ0) is 21.0. The minimum absolute atomic E-state index is 0.227. The Morgan fingerprint density at radius 3 is 2.55 bits per heavy atom. The molecule has 0 fully saturated rings. The number of hydrogen-bond acceptors (Lipinski definition) is 3. The summed E-state index contributed by atoms with van der Waals surface area (Å²) in [7, 11) is 1.63. The van der Waals surface area contributed by atoms with Crippen molar-refractivity contribution in [2.75, 3.05) is 25.5 Å². The number of aromatic nitrogens is 1. The molecule has 1 aromatic heterocycles. The topological polar surface area (TPSA) is 45.2 Å². The van der Waals surface area contributed by atoms with Crippen molar-refractivity contribution in [2.24, 2.45) is 0 Å². The Balaban J connectivity index is 1.53. The number of pyridine rings is 1. The third-order valence-corrected chi connectivity index (χ3v) is 4.73. The zero-order valence-corrected chi connectivity index (χ0v) is 16.4. The van der Waals surface area contributed by atoms with Crippen molar-refractivity contribution in [3.05, 3.63) is 70.9 Å². The lowest BCUT2D eigenvalue weighted by Gasteiger charge is -2.18. The number of nitrogens with zero attached hydrogens (tertiary/aromatic N) is 2. The summed E-state index contributed by atoms with van der Waals surface area (Å²) in [4.78, 5) is 18.2. The largest absolute Gasteiger partial charge is 0.416 e. The number of nitrogens with one attached hydrogen (secondary N) is 1. The van der Waals surface area contributed by atoms with Gasteiger partial charge in [-0.25, -0.2) is 0 Å². The summed E-state index contributed by atoms with van der Waals surface area (Å²) in [5, 5.41) is 4.89. The number of carbonyl (C=O) groups excluding carboxylic acids is 1. The predicted molar refractivity (Wildman–Crippen MR) is 108 cm³/mol. The molecule has 0 aliphatic carbocycles. The summed E-state index contributed by atoms with van der Waals surface area (Å²) in [6, 6.07) is 11.6. The molecule has 0 saturated heterocycles. The quantitative estimate of drug-likeness (QED) is 0.536. The van der Waals surface area contributed by atoms with E-state index in [0.29, 0.717) is 24.5 Å². The molecule has 1 amide bonds. The molecule has 8 heteroatoms. The van der Waals surface area contributed by atoms with Crippen molar-refractivity contribution in [1.82, 2.24) is 9.88 Å². The van der Waals surface area contributed by atoms with E-state index < -0.39 is 11.7 Å². The van der Waals surface area contributed by atoms with Crippen molar-refractivity contribution in [2.45, 2.75) is 12.6 Å². The molecule has 0 atom stereocenters. The molecule has 0 unspecified atom stereocenters. The number of alkyl halides is 3. The van der Waals surface area contributed by atoms with Gasteiger partial charge in [0.25, 0.3) is 5.91 Å². The number of hydrogen-bond donors (Lipinski definition) is 1. The van der Waals surface area contributed by atoms with Crippen LogP contribution in [0, 0.1) is 0 Å². The van der Waals surface area contributed by atoms with E-state index in [1.165, 1.54) is 17.0 Å². The molecule has 3 aromatic rings. The number of anilines is 1. The van der Waals surface area contributed by atoms with Crippen LogP contribution in [-0.2, 0) is 6.18 Å². The van der Waals surface area contributed by atoms with E-state index in [0.717, 1.165) is 28.7 Å². The van der Waals surface area contributed by atoms with Gasteiger partial charge in [-0.05, 0) is 55.0 Å². The molecule has 4 nitrogen and oxygen atoms in total. The first-order valence-corrected chi connectivity index (χ1v) is 9.34. The smallest absolute Gasteiger partial charge is 0.384 e. The normalized spacial score (nSPS) is 11.5. The molecule has 1 N–H and O–H groups in total. The zero-order valence-electron chi connectivity index (χ0n) is 15.6. The number of carbonyl (C=O) groups is 1. The predicted octanol–water partition coefficient (Wildman–Crippen LogP) is 5.48. The van der Waals surface area contributed by atoms with E-state index in [4.69, 9.17) is 11.6 Å². The Bertz CT molecular complexity index is 1010. The van der Waals surface area contributed by atoms with Gasteiger partial charge in [-0.1, -0.05) is 11.6 Å². The van der Waals surface area contributed by atoms with Gasteiger partial charge in [0.15, 0.2) is 0 Å².